The lowest BCUT2D eigenvalue weighted by Crippen LogP contribution is -2.42. The average molecular weight is 430 g/mol. The third-order valence-electron chi connectivity index (χ3n) is 5.03. The lowest BCUT2D eigenvalue weighted by atomic mass is 9.94. The number of carbonyl (C=O) groups is 2. The van der Waals surface area contributed by atoms with E-state index in [1.54, 1.807) is 40.7 Å². The van der Waals surface area contributed by atoms with E-state index in [0.29, 0.717) is 41.9 Å². The van der Waals surface area contributed by atoms with Gasteiger partial charge in [-0.25, -0.2) is 8.42 Å². The molecule has 1 aliphatic heterocycles. The summed E-state index contributed by atoms with van der Waals surface area (Å²) in [6.07, 6.45) is 1.03. The molecular formula is C22H27N3O4S. The predicted octanol–water partition coefficient (Wildman–Crippen LogP) is 3.56. The maximum absolute atomic E-state index is 13.0. The number of hydrogen-bond donors (Lipinski definition) is 2. The van der Waals surface area contributed by atoms with Crippen LogP contribution in [0.15, 0.2) is 53.4 Å². The average Bonchev–Trinajstić information content (AvgIpc) is 2.67. The van der Waals surface area contributed by atoms with E-state index in [-0.39, 0.29) is 16.7 Å². The Hall–Kier alpha value is -2.71. The summed E-state index contributed by atoms with van der Waals surface area (Å²) in [5.41, 5.74) is 1.40. The third kappa shape index (κ3) is 5.25. The fraction of sp³-hybridized carbons (Fsp3) is 0.364. The smallest absolute Gasteiger partial charge is 0.255 e. The van der Waals surface area contributed by atoms with Gasteiger partial charge < -0.3 is 10.6 Å². The fourth-order valence-corrected chi connectivity index (χ4v) is 5.49. The maximum atomic E-state index is 13.0. The highest BCUT2D eigenvalue weighted by Gasteiger charge is 2.31. The first-order valence-electron chi connectivity index (χ1n) is 9.94. The van der Waals surface area contributed by atoms with Crippen molar-refractivity contribution in [2.24, 2.45) is 11.8 Å². The van der Waals surface area contributed by atoms with Gasteiger partial charge in [-0.3, -0.25) is 9.59 Å². The molecule has 30 heavy (non-hydrogen) atoms. The first-order valence-corrected chi connectivity index (χ1v) is 11.4. The molecule has 0 aromatic heterocycles. The summed E-state index contributed by atoms with van der Waals surface area (Å²) in [5.74, 6) is 0.0871. The van der Waals surface area contributed by atoms with Crippen molar-refractivity contribution < 1.29 is 18.0 Å². The van der Waals surface area contributed by atoms with Crippen molar-refractivity contribution >= 4 is 33.2 Å². The van der Waals surface area contributed by atoms with Gasteiger partial charge in [0.2, 0.25) is 15.9 Å². The summed E-state index contributed by atoms with van der Waals surface area (Å²) >= 11 is 0. The molecule has 1 heterocycles. The summed E-state index contributed by atoms with van der Waals surface area (Å²) in [4.78, 5) is 23.9. The monoisotopic (exact) mass is 429 g/mol. The van der Waals surface area contributed by atoms with Crippen molar-refractivity contribution in [1.82, 2.24) is 4.31 Å². The largest absolute Gasteiger partial charge is 0.326 e. The Balaban J connectivity index is 1.71. The Morgan fingerprint density at radius 2 is 1.57 bits per heavy atom. The molecule has 2 aromatic carbocycles. The van der Waals surface area contributed by atoms with Crippen molar-refractivity contribution in [2.45, 2.75) is 32.1 Å². The number of nitrogens with zero attached hydrogens (tertiary/aromatic N) is 1. The van der Waals surface area contributed by atoms with Crippen molar-refractivity contribution in [3.05, 3.63) is 54.1 Å². The summed E-state index contributed by atoms with van der Waals surface area (Å²) in [5, 5.41) is 5.39. The minimum absolute atomic E-state index is 0.217. The maximum Gasteiger partial charge on any atom is 0.255 e. The zero-order chi connectivity index (χ0) is 21.9. The molecule has 2 amide bonds. The SMILES string of the molecule is CC(=O)Nc1cccc(C(=O)Nc2ccc(S(=O)(=O)N3C[C@H](C)C[C@@H](C)C3)cc2)c1. The second-order valence-corrected chi connectivity index (χ2v) is 9.95. The van der Waals surface area contributed by atoms with Gasteiger partial charge in [-0.2, -0.15) is 4.31 Å². The van der Waals surface area contributed by atoms with Crippen LogP contribution >= 0.6 is 0 Å². The fourth-order valence-electron chi connectivity index (χ4n) is 3.81. The summed E-state index contributed by atoms with van der Waals surface area (Å²) < 4.78 is 27.5. The highest BCUT2D eigenvalue weighted by molar-refractivity contribution is 7.89. The molecule has 8 heteroatoms. The first-order chi connectivity index (χ1) is 14.1. The lowest BCUT2D eigenvalue weighted by Gasteiger charge is -2.34. The summed E-state index contributed by atoms with van der Waals surface area (Å²) in [6, 6.07) is 12.8. The molecule has 7 nitrogen and oxygen atoms in total. The number of nitrogens with one attached hydrogen (secondary N) is 2. The zero-order valence-corrected chi connectivity index (χ0v) is 18.2. The van der Waals surface area contributed by atoms with E-state index in [2.05, 4.69) is 24.5 Å². The van der Waals surface area contributed by atoms with E-state index in [1.807, 2.05) is 0 Å². The molecule has 160 valence electrons. The Morgan fingerprint density at radius 1 is 0.933 bits per heavy atom. The van der Waals surface area contributed by atoms with Crippen LogP contribution < -0.4 is 10.6 Å². The van der Waals surface area contributed by atoms with Gasteiger partial charge in [0.1, 0.15) is 0 Å². The number of rotatable bonds is 5. The second kappa shape index (κ2) is 8.97. The minimum atomic E-state index is -3.56. The van der Waals surface area contributed by atoms with Crippen molar-refractivity contribution in [2.75, 3.05) is 23.7 Å². The van der Waals surface area contributed by atoms with Crippen LogP contribution in [0.1, 0.15) is 37.6 Å². The van der Waals surface area contributed by atoms with Crippen molar-refractivity contribution in [3.8, 4) is 0 Å². The normalized spacial score (nSPS) is 19.8. The van der Waals surface area contributed by atoms with Crippen molar-refractivity contribution in [1.29, 1.82) is 0 Å². The quantitative estimate of drug-likeness (QED) is 0.760. The van der Waals surface area contributed by atoms with Crippen LogP contribution in [-0.2, 0) is 14.8 Å². The molecule has 1 fully saturated rings. The molecule has 0 aliphatic carbocycles. The Kier molecular flexibility index (Phi) is 6.58. The van der Waals surface area contributed by atoms with Gasteiger partial charge in [0.25, 0.3) is 5.91 Å². The van der Waals surface area contributed by atoms with E-state index in [1.165, 1.54) is 19.1 Å². The molecule has 1 aliphatic rings. The molecular weight excluding hydrogens is 402 g/mol. The van der Waals surface area contributed by atoms with Gasteiger partial charge in [0.05, 0.1) is 4.90 Å². The molecule has 0 bridgehead atoms. The summed E-state index contributed by atoms with van der Waals surface area (Å²) in [6.45, 7) is 6.58. The van der Waals surface area contributed by atoms with Crippen LogP contribution in [0.5, 0.6) is 0 Å². The topological polar surface area (TPSA) is 95.6 Å². The number of amides is 2. The molecule has 0 unspecified atom stereocenters. The van der Waals surface area contributed by atoms with Crippen LogP contribution in [0.25, 0.3) is 0 Å². The van der Waals surface area contributed by atoms with Gasteiger partial charge in [0, 0.05) is 37.0 Å². The molecule has 0 radical (unpaired) electrons. The highest BCUT2D eigenvalue weighted by atomic mass is 32.2. The van der Waals surface area contributed by atoms with E-state index in [4.69, 9.17) is 0 Å². The van der Waals surface area contributed by atoms with Crippen LogP contribution in [0.2, 0.25) is 0 Å². The Bertz CT molecular complexity index is 1020. The zero-order valence-electron chi connectivity index (χ0n) is 17.4. The Morgan fingerprint density at radius 3 is 2.17 bits per heavy atom. The van der Waals surface area contributed by atoms with Gasteiger partial charge in [-0.15, -0.1) is 0 Å². The number of carbonyl (C=O) groups excluding carboxylic acids is 2. The number of anilines is 2. The number of hydrogen-bond acceptors (Lipinski definition) is 4. The van der Waals surface area contributed by atoms with Crippen LogP contribution in [0.3, 0.4) is 0 Å². The second-order valence-electron chi connectivity index (χ2n) is 8.01. The van der Waals surface area contributed by atoms with E-state index >= 15 is 0 Å². The molecule has 1 saturated heterocycles. The molecule has 2 N–H and O–H groups in total. The Labute approximate surface area is 177 Å². The van der Waals surface area contributed by atoms with Crippen LogP contribution in [0, 0.1) is 11.8 Å². The minimum Gasteiger partial charge on any atom is -0.326 e. The van der Waals surface area contributed by atoms with Gasteiger partial charge >= 0.3 is 0 Å². The first kappa shape index (κ1) is 22.0. The van der Waals surface area contributed by atoms with E-state index < -0.39 is 10.0 Å². The molecule has 0 saturated carbocycles. The van der Waals surface area contributed by atoms with E-state index in [9.17, 15) is 18.0 Å². The molecule has 2 aromatic rings. The predicted molar refractivity (Wildman–Crippen MR) is 117 cm³/mol. The number of piperidine rings is 1. The highest BCUT2D eigenvalue weighted by Crippen LogP contribution is 2.27. The third-order valence-corrected chi connectivity index (χ3v) is 6.88. The van der Waals surface area contributed by atoms with E-state index in [0.717, 1.165) is 6.42 Å². The standard InChI is InChI=1S/C22H27N3O4S/c1-15-11-16(2)14-25(13-15)30(28,29)21-9-7-19(8-10-21)24-22(27)18-5-4-6-20(12-18)23-17(3)26/h4-10,12,15-16H,11,13-14H2,1-3H3,(H,23,26)(H,24,27)/t15-,16-/m1/s1. The van der Waals surface area contributed by atoms with Crippen LogP contribution in [-0.4, -0.2) is 37.6 Å². The molecule has 2 atom stereocenters. The number of benzene rings is 2. The van der Waals surface area contributed by atoms with Crippen LogP contribution in [0.4, 0.5) is 11.4 Å². The van der Waals surface area contributed by atoms with Crippen molar-refractivity contribution in [3.63, 3.8) is 0 Å². The lowest BCUT2D eigenvalue weighted by molar-refractivity contribution is -0.114. The molecule has 0 spiro atoms. The molecule has 3 rings (SSSR count). The van der Waals surface area contributed by atoms with Gasteiger partial charge in [-0.05, 0) is 60.7 Å². The summed E-state index contributed by atoms with van der Waals surface area (Å²) in [7, 11) is -3.56. The van der Waals surface area contributed by atoms with Gasteiger partial charge in [-0.1, -0.05) is 19.9 Å². The van der Waals surface area contributed by atoms with Gasteiger partial charge in [0.15, 0.2) is 0 Å². The number of sulfonamides is 1.